The van der Waals surface area contributed by atoms with Gasteiger partial charge < -0.3 is 4.74 Å². The number of benzene rings is 4. The van der Waals surface area contributed by atoms with Gasteiger partial charge in [0.15, 0.2) is 5.82 Å². The monoisotopic (exact) mass is 482 g/mol. The quantitative estimate of drug-likeness (QED) is 0.157. The zero-order valence-electron chi connectivity index (χ0n) is 20.7. The highest BCUT2D eigenvalue weighted by molar-refractivity contribution is 6.09. The summed E-state index contributed by atoms with van der Waals surface area (Å²) in [5, 5.41) is 11.6. The maximum Gasteiger partial charge on any atom is 0.221 e. The number of fused-ring (bicyclic) bond motifs is 3. The van der Waals surface area contributed by atoms with Crippen molar-refractivity contribution in [3.63, 3.8) is 0 Å². The lowest BCUT2D eigenvalue weighted by Gasteiger charge is -2.12. The first-order valence-electron chi connectivity index (χ1n) is 12.3. The van der Waals surface area contributed by atoms with E-state index in [4.69, 9.17) is 20.1 Å². The van der Waals surface area contributed by atoms with E-state index in [0.717, 1.165) is 38.5 Å². The van der Waals surface area contributed by atoms with Crippen LogP contribution in [-0.4, -0.2) is 20.8 Å². The van der Waals surface area contributed by atoms with E-state index in [-0.39, 0.29) is 5.90 Å². The first-order valence-corrected chi connectivity index (χ1v) is 12.3. The number of nitrogens with zero attached hydrogens (tertiary/aromatic N) is 3. The fraction of sp³-hybridized carbons (Fsp3) is 0.0625. The maximum atomic E-state index is 8.44. The zero-order valence-corrected chi connectivity index (χ0v) is 20.7. The van der Waals surface area contributed by atoms with Gasteiger partial charge in [0.25, 0.3) is 0 Å². The average Bonchev–Trinajstić information content (AvgIpc) is 2.98. The first-order chi connectivity index (χ1) is 18.3. The first kappa shape index (κ1) is 23.8. The summed E-state index contributed by atoms with van der Waals surface area (Å²) in [5.41, 5.74) is 4.23. The minimum atomic E-state index is 0.0140. The van der Waals surface area contributed by atoms with E-state index in [1.54, 1.807) is 12.3 Å². The van der Waals surface area contributed by atoms with Crippen molar-refractivity contribution in [1.29, 1.82) is 5.41 Å². The zero-order chi connectivity index (χ0) is 25.6. The van der Waals surface area contributed by atoms with Gasteiger partial charge in [-0.15, -0.1) is 0 Å². The Balaban J connectivity index is 0.00000137. The highest BCUT2D eigenvalue weighted by Crippen LogP contribution is 2.33. The number of nitrogens with one attached hydrogen (secondary N) is 1. The van der Waals surface area contributed by atoms with Crippen molar-refractivity contribution in [2.75, 3.05) is 0 Å². The van der Waals surface area contributed by atoms with Gasteiger partial charge in [-0.25, -0.2) is 15.0 Å². The third-order valence-electron chi connectivity index (χ3n) is 5.87. The van der Waals surface area contributed by atoms with E-state index in [1.807, 2.05) is 80.6 Å². The maximum absolute atomic E-state index is 8.44. The number of pyridine rings is 1. The summed E-state index contributed by atoms with van der Waals surface area (Å²) in [6.07, 6.45) is 1.64. The van der Waals surface area contributed by atoms with Gasteiger partial charge in [-0.1, -0.05) is 92.7 Å². The lowest BCUT2D eigenvalue weighted by atomic mass is 10.0. The summed E-state index contributed by atoms with van der Waals surface area (Å²) in [6, 6.07) is 35.5. The summed E-state index contributed by atoms with van der Waals surface area (Å²) in [4.78, 5) is 14.2. The summed E-state index contributed by atoms with van der Waals surface area (Å²) in [5.74, 6) is 0.989. The lowest BCUT2D eigenvalue weighted by Crippen LogP contribution is -2.09. The van der Waals surface area contributed by atoms with E-state index in [9.17, 15) is 0 Å². The molecular weight excluding hydrogens is 456 g/mol. The molecular formula is C32H26N4O. The third kappa shape index (κ3) is 4.93. The van der Waals surface area contributed by atoms with Crippen LogP contribution < -0.4 is 4.74 Å². The highest BCUT2D eigenvalue weighted by atomic mass is 16.5. The highest BCUT2D eigenvalue weighted by Gasteiger charge is 2.15. The SMILES string of the molecule is CC.N=C(Oc1ccccn1)c1cccc(-c2nc(-c3ccccc3)c3ccc4ccccc4c3n2)c1. The fourth-order valence-electron chi connectivity index (χ4n) is 4.18. The number of hydrogen-bond donors (Lipinski definition) is 1. The summed E-state index contributed by atoms with van der Waals surface area (Å²) in [7, 11) is 0. The van der Waals surface area contributed by atoms with Crippen LogP contribution in [0.25, 0.3) is 44.3 Å². The third-order valence-corrected chi connectivity index (χ3v) is 5.87. The molecule has 0 spiro atoms. The minimum Gasteiger partial charge on any atom is -0.421 e. The van der Waals surface area contributed by atoms with Gasteiger partial charge in [-0.3, -0.25) is 5.41 Å². The molecule has 6 aromatic rings. The Hall–Kier alpha value is -4.90. The van der Waals surface area contributed by atoms with Gasteiger partial charge in [0, 0.05) is 39.7 Å². The van der Waals surface area contributed by atoms with Gasteiger partial charge >= 0.3 is 0 Å². The van der Waals surface area contributed by atoms with Crippen molar-refractivity contribution >= 4 is 27.6 Å². The molecule has 4 aromatic carbocycles. The summed E-state index contributed by atoms with van der Waals surface area (Å²) in [6.45, 7) is 4.00. The summed E-state index contributed by atoms with van der Waals surface area (Å²) < 4.78 is 5.64. The molecule has 0 saturated heterocycles. The van der Waals surface area contributed by atoms with Crippen molar-refractivity contribution in [3.05, 3.63) is 121 Å². The van der Waals surface area contributed by atoms with Crippen LogP contribution in [0.2, 0.25) is 0 Å². The van der Waals surface area contributed by atoms with Crippen LogP contribution in [0.15, 0.2) is 115 Å². The van der Waals surface area contributed by atoms with Crippen LogP contribution in [0.4, 0.5) is 0 Å². The number of rotatable bonds is 4. The topological polar surface area (TPSA) is 71.8 Å². The van der Waals surface area contributed by atoms with Crippen LogP contribution >= 0.6 is 0 Å². The molecule has 0 atom stereocenters. The molecule has 2 aromatic heterocycles. The van der Waals surface area contributed by atoms with E-state index < -0.39 is 0 Å². The van der Waals surface area contributed by atoms with Gasteiger partial charge in [-0.05, 0) is 29.7 Å². The Morgan fingerprint density at radius 3 is 2.24 bits per heavy atom. The van der Waals surface area contributed by atoms with Gasteiger partial charge in [-0.2, -0.15) is 0 Å². The molecule has 2 heterocycles. The number of hydrogen-bond acceptors (Lipinski definition) is 5. The average molecular weight is 483 g/mol. The smallest absolute Gasteiger partial charge is 0.221 e. The molecule has 0 radical (unpaired) electrons. The van der Waals surface area contributed by atoms with Crippen molar-refractivity contribution in [1.82, 2.24) is 15.0 Å². The minimum absolute atomic E-state index is 0.0140. The number of ether oxygens (including phenoxy) is 1. The Labute approximate surface area is 216 Å². The molecule has 0 unspecified atom stereocenters. The molecule has 5 nitrogen and oxygen atoms in total. The van der Waals surface area contributed by atoms with E-state index in [2.05, 4.69) is 41.4 Å². The molecule has 180 valence electrons. The molecule has 0 aliphatic heterocycles. The van der Waals surface area contributed by atoms with Gasteiger partial charge in [0.05, 0.1) is 11.2 Å². The molecule has 1 N–H and O–H groups in total. The van der Waals surface area contributed by atoms with Crippen molar-refractivity contribution in [2.45, 2.75) is 13.8 Å². The predicted octanol–water partition coefficient (Wildman–Crippen LogP) is 7.94. The molecule has 0 aliphatic carbocycles. The van der Waals surface area contributed by atoms with Crippen molar-refractivity contribution in [3.8, 4) is 28.5 Å². The van der Waals surface area contributed by atoms with Gasteiger partial charge in [0.2, 0.25) is 11.8 Å². The summed E-state index contributed by atoms with van der Waals surface area (Å²) >= 11 is 0. The Morgan fingerprint density at radius 1 is 0.676 bits per heavy atom. The Morgan fingerprint density at radius 2 is 1.43 bits per heavy atom. The Kier molecular flexibility index (Phi) is 6.95. The van der Waals surface area contributed by atoms with E-state index in [1.165, 1.54) is 0 Å². The second-order valence-electron chi connectivity index (χ2n) is 8.12. The molecule has 0 saturated carbocycles. The molecule has 0 aliphatic rings. The fourth-order valence-corrected chi connectivity index (χ4v) is 4.18. The van der Waals surface area contributed by atoms with Gasteiger partial charge in [0.1, 0.15) is 0 Å². The van der Waals surface area contributed by atoms with Crippen LogP contribution in [0.5, 0.6) is 5.88 Å². The van der Waals surface area contributed by atoms with Crippen molar-refractivity contribution < 1.29 is 4.74 Å². The van der Waals surface area contributed by atoms with E-state index in [0.29, 0.717) is 17.3 Å². The van der Waals surface area contributed by atoms with Crippen LogP contribution in [-0.2, 0) is 0 Å². The standard InChI is InChI=1S/C30H20N4O.C2H6/c31-29(35-26-15-6-7-18-32-26)22-12-8-13-23(19-22)30-33-27(21-10-2-1-3-11-21)25-17-16-20-9-4-5-14-24(20)28(25)34-30;1-2/h1-19,31H;1-2H3. The number of aromatic nitrogens is 3. The molecule has 0 amide bonds. The second-order valence-corrected chi connectivity index (χ2v) is 8.12. The van der Waals surface area contributed by atoms with Crippen LogP contribution in [0.1, 0.15) is 19.4 Å². The predicted molar refractivity (Wildman–Crippen MR) is 151 cm³/mol. The van der Waals surface area contributed by atoms with Crippen LogP contribution in [0, 0.1) is 5.41 Å². The van der Waals surface area contributed by atoms with E-state index >= 15 is 0 Å². The lowest BCUT2D eigenvalue weighted by molar-refractivity contribution is 0.525. The second kappa shape index (κ2) is 10.8. The van der Waals surface area contributed by atoms with Crippen molar-refractivity contribution in [2.24, 2.45) is 0 Å². The molecule has 0 bridgehead atoms. The molecule has 5 heteroatoms. The largest absolute Gasteiger partial charge is 0.421 e. The van der Waals surface area contributed by atoms with Crippen LogP contribution in [0.3, 0.4) is 0 Å². The molecule has 37 heavy (non-hydrogen) atoms. The molecule has 0 fully saturated rings. The Bertz CT molecular complexity index is 1680. The molecule has 6 rings (SSSR count). The normalized spacial score (nSPS) is 10.5.